The van der Waals surface area contributed by atoms with E-state index in [4.69, 9.17) is 16.0 Å². The summed E-state index contributed by atoms with van der Waals surface area (Å²) in [7, 11) is 0. The summed E-state index contributed by atoms with van der Waals surface area (Å²) >= 11 is 6.18. The molecule has 1 amide bonds. The monoisotopic (exact) mass is 382 g/mol. The first kappa shape index (κ1) is 17.9. The Bertz CT molecular complexity index is 954. The number of carbonyl (C=O) groups is 1. The highest BCUT2D eigenvalue weighted by molar-refractivity contribution is 6.35. The number of fused-ring (bicyclic) bond motifs is 1. The molecule has 1 aromatic heterocycles. The second-order valence-electron chi connectivity index (χ2n) is 7.07. The molecule has 1 saturated heterocycles. The molecule has 1 fully saturated rings. The van der Waals surface area contributed by atoms with Crippen molar-refractivity contribution in [3.63, 3.8) is 0 Å². The Kier molecular flexibility index (Phi) is 5.08. The first-order chi connectivity index (χ1) is 13.1. The van der Waals surface area contributed by atoms with Gasteiger partial charge < -0.3 is 14.6 Å². The van der Waals surface area contributed by atoms with E-state index in [1.807, 2.05) is 31.2 Å². The number of furan rings is 1. The molecule has 3 aromatic rings. The Balaban J connectivity index is 1.51. The minimum atomic E-state index is -0.262. The molecule has 0 radical (unpaired) electrons. The average molecular weight is 383 g/mol. The van der Waals surface area contributed by atoms with Crippen LogP contribution in [0.1, 0.15) is 41.8 Å². The maximum Gasteiger partial charge on any atom is 0.291 e. The van der Waals surface area contributed by atoms with Crippen LogP contribution in [-0.4, -0.2) is 19.0 Å². The molecule has 2 heterocycles. The minimum Gasteiger partial charge on any atom is -0.449 e. The van der Waals surface area contributed by atoms with Gasteiger partial charge in [-0.3, -0.25) is 4.79 Å². The molecule has 0 spiro atoms. The number of aryl methyl sites for hydroxylation is 1. The van der Waals surface area contributed by atoms with Gasteiger partial charge in [0, 0.05) is 35.4 Å². The maximum absolute atomic E-state index is 12.7. The van der Waals surface area contributed by atoms with Crippen molar-refractivity contribution < 1.29 is 9.21 Å². The third-order valence-corrected chi connectivity index (χ3v) is 5.52. The van der Waals surface area contributed by atoms with Gasteiger partial charge in [-0.1, -0.05) is 36.6 Å². The SMILES string of the molecule is Cc1c(C(=O)Nc2ccc(N3CCCCCC3)cc2)oc2c(Cl)cccc12. The lowest BCUT2D eigenvalue weighted by atomic mass is 10.1. The smallest absolute Gasteiger partial charge is 0.291 e. The third-order valence-electron chi connectivity index (χ3n) is 5.22. The summed E-state index contributed by atoms with van der Waals surface area (Å²) < 4.78 is 5.74. The molecular weight excluding hydrogens is 360 g/mol. The third kappa shape index (κ3) is 3.67. The lowest BCUT2D eigenvalue weighted by Crippen LogP contribution is -2.23. The van der Waals surface area contributed by atoms with Crippen LogP contribution in [-0.2, 0) is 0 Å². The summed E-state index contributed by atoms with van der Waals surface area (Å²) in [6.07, 6.45) is 5.11. The molecule has 140 valence electrons. The molecule has 27 heavy (non-hydrogen) atoms. The Morgan fingerprint density at radius 2 is 1.74 bits per heavy atom. The van der Waals surface area contributed by atoms with Gasteiger partial charge in [-0.2, -0.15) is 0 Å². The van der Waals surface area contributed by atoms with Gasteiger partial charge in [0.2, 0.25) is 0 Å². The molecule has 1 aliphatic heterocycles. The fraction of sp³-hybridized carbons (Fsp3) is 0.318. The molecule has 2 aromatic carbocycles. The first-order valence-corrected chi connectivity index (χ1v) is 9.85. The molecule has 1 N–H and O–H groups in total. The summed E-state index contributed by atoms with van der Waals surface area (Å²) in [5.41, 5.74) is 3.32. The normalized spacial score (nSPS) is 15.0. The fourth-order valence-electron chi connectivity index (χ4n) is 3.70. The van der Waals surface area contributed by atoms with Crippen LogP contribution in [0.4, 0.5) is 11.4 Å². The highest BCUT2D eigenvalue weighted by atomic mass is 35.5. The molecular formula is C22H23ClN2O2. The highest BCUT2D eigenvalue weighted by Crippen LogP contribution is 2.31. The van der Waals surface area contributed by atoms with Gasteiger partial charge in [0.15, 0.2) is 11.3 Å². The van der Waals surface area contributed by atoms with Crippen LogP contribution in [0.5, 0.6) is 0 Å². The van der Waals surface area contributed by atoms with Crippen LogP contribution in [0.2, 0.25) is 5.02 Å². The van der Waals surface area contributed by atoms with E-state index in [0.29, 0.717) is 16.4 Å². The van der Waals surface area contributed by atoms with E-state index < -0.39 is 0 Å². The van der Waals surface area contributed by atoms with Crippen molar-refractivity contribution in [3.05, 3.63) is 58.8 Å². The molecule has 4 nitrogen and oxygen atoms in total. The van der Waals surface area contributed by atoms with Crippen LogP contribution in [0.25, 0.3) is 11.0 Å². The van der Waals surface area contributed by atoms with Crippen molar-refractivity contribution >= 4 is 39.9 Å². The number of nitrogens with zero attached hydrogens (tertiary/aromatic N) is 1. The Hall–Kier alpha value is -2.46. The van der Waals surface area contributed by atoms with Crippen LogP contribution in [0, 0.1) is 6.92 Å². The predicted octanol–water partition coefficient (Wildman–Crippen LogP) is 6.03. The van der Waals surface area contributed by atoms with Crippen molar-refractivity contribution in [1.82, 2.24) is 0 Å². The lowest BCUT2D eigenvalue weighted by molar-refractivity contribution is 0.0998. The molecule has 0 atom stereocenters. The first-order valence-electron chi connectivity index (χ1n) is 9.47. The summed E-state index contributed by atoms with van der Waals surface area (Å²) in [5, 5.41) is 4.30. The van der Waals surface area contributed by atoms with Gasteiger partial charge in [-0.05, 0) is 50.1 Å². The fourth-order valence-corrected chi connectivity index (χ4v) is 3.91. The summed E-state index contributed by atoms with van der Waals surface area (Å²) in [4.78, 5) is 15.1. The number of amides is 1. The van der Waals surface area contributed by atoms with Crippen molar-refractivity contribution in [2.24, 2.45) is 0 Å². The number of hydrogen-bond acceptors (Lipinski definition) is 3. The zero-order valence-electron chi connectivity index (χ0n) is 15.4. The van der Waals surface area contributed by atoms with Crippen molar-refractivity contribution in [1.29, 1.82) is 0 Å². The van der Waals surface area contributed by atoms with E-state index >= 15 is 0 Å². The van der Waals surface area contributed by atoms with E-state index in [-0.39, 0.29) is 5.91 Å². The number of para-hydroxylation sites is 1. The Labute approximate surface area is 164 Å². The summed E-state index contributed by atoms with van der Waals surface area (Å²) in [6.45, 7) is 4.08. The Morgan fingerprint density at radius 3 is 2.41 bits per heavy atom. The van der Waals surface area contributed by atoms with Gasteiger partial charge >= 0.3 is 0 Å². The summed E-state index contributed by atoms with van der Waals surface area (Å²) in [5.74, 6) is 0.0389. The van der Waals surface area contributed by atoms with Gasteiger partial charge in [0.25, 0.3) is 5.91 Å². The molecule has 0 bridgehead atoms. The topological polar surface area (TPSA) is 45.5 Å². The minimum absolute atomic E-state index is 0.262. The van der Waals surface area contributed by atoms with E-state index in [1.165, 1.54) is 31.4 Å². The van der Waals surface area contributed by atoms with Crippen LogP contribution in [0.15, 0.2) is 46.9 Å². The van der Waals surface area contributed by atoms with Gasteiger partial charge in [0.1, 0.15) is 0 Å². The highest BCUT2D eigenvalue weighted by Gasteiger charge is 2.19. The molecule has 0 saturated carbocycles. The molecule has 4 rings (SSSR count). The molecule has 5 heteroatoms. The van der Waals surface area contributed by atoms with E-state index in [0.717, 1.165) is 29.7 Å². The number of benzene rings is 2. The summed E-state index contributed by atoms with van der Waals surface area (Å²) in [6, 6.07) is 13.6. The number of nitrogens with one attached hydrogen (secondary N) is 1. The van der Waals surface area contributed by atoms with Crippen LogP contribution < -0.4 is 10.2 Å². The van der Waals surface area contributed by atoms with Crippen molar-refractivity contribution in [2.45, 2.75) is 32.6 Å². The number of rotatable bonds is 3. The molecule has 0 unspecified atom stereocenters. The second-order valence-corrected chi connectivity index (χ2v) is 7.48. The maximum atomic E-state index is 12.7. The average Bonchev–Trinajstić information content (AvgIpc) is 2.85. The van der Waals surface area contributed by atoms with Crippen molar-refractivity contribution in [2.75, 3.05) is 23.3 Å². The number of carbonyl (C=O) groups excluding carboxylic acids is 1. The zero-order valence-corrected chi connectivity index (χ0v) is 16.2. The predicted molar refractivity (Wildman–Crippen MR) is 111 cm³/mol. The zero-order chi connectivity index (χ0) is 18.8. The number of hydrogen-bond donors (Lipinski definition) is 1. The molecule has 1 aliphatic rings. The second kappa shape index (κ2) is 7.65. The standard InChI is InChI=1S/C22H23ClN2O2/c1-15-18-7-6-8-19(23)21(18)27-20(15)22(26)24-16-9-11-17(12-10-16)25-13-4-2-3-5-14-25/h6-12H,2-5,13-14H2,1H3,(H,24,26). The van der Waals surface area contributed by atoms with Crippen LogP contribution >= 0.6 is 11.6 Å². The lowest BCUT2D eigenvalue weighted by Gasteiger charge is -2.22. The van der Waals surface area contributed by atoms with Gasteiger partial charge in [-0.25, -0.2) is 0 Å². The van der Waals surface area contributed by atoms with E-state index in [9.17, 15) is 4.79 Å². The van der Waals surface area contributed by atoms with E-state index in [1.54, 1.807) is 6.07 Å². The quantitative estimate of drug-likeness (QED) is 0.601. The largest absolute Gasteiger partial charge is 0.449 e. The van der Waals surface area contributed by atoms with Crippen molar-refractivity contribution in [3.8, 4) is 0 Å². The Morgan fingerprint density at radius 1 is 1.04 bits per heavy atom. The molecule has 0 aliphatic carbocycles. The van der Waals surface area contributed by atoms with Crippen LogP contribution in [0.3, 0.4) is 0 Å². The van der Waals surface area contributed by atoms with Gasteiger partial charge in [0.05, 0.1) is 5.02 Å². The van der Waals surface area contributed by atoms with E-state index in [2.05, 4.69) is 22.3 Å². The number of halogens is 1. The van der Waals surface area contributed by atoms with Gasteiger partial charge in [-0.15, -0.1) is 0 Å². The number of anilines is 2.